The van der Waals surface area contributed by atoms with Gasteiger partial charge in [-0.05, 0) is 43.9 Å². The lowest BCUT2D eigenvalue weighted by Crippen LogP contribution is -2.40. The predicted octanol–water partition coefficient (Wildman–Crippen LogP) is 2.54. The third-order valence-electron chi connectivity index (χ3n) is 3.93. The Bertz CT molecular complexity index is 529. The van der Waals surface area contributed by atoms with Crippen LogP contribution in [0.4, 0.5) is 0 Å². The predicted molar refractivity (Wildman–Crippen MR) is 85.9 cm³/mol. The molecule has 0 aromatic heterocycles. The number of nitrogens with one attached hydrogen (secondary N) is 1. The van der Waals surface area contributed by atoms with Crippen LogP contribution in [0.5, 0.6) is 0 Å². The molecule has 0 heterocycles. The Morgan fingerprint density at radius 2 is 2.05 bits per heavy atom. The van der Waals surface area contributed by atoms with Gasteiger partial charge >= 0.3 is 0 Å². The summed E-state index contributed by atoms with van der Waals surface area (Å²) in [7, 11) is 0. The van der Waals surface area contributed by atoms with E-state index in [1.165, 1.54) is 5.56 Å². The second kappa shape index (κ2) is 7.07. The highest BCUT2D eigenvalue weighted by molar-refractivity contribution is 9.10. The molecule has 0 radical (unpaired) electrons. The summed E-state index contributed by atoms with van der Waals surface area (Å²) < 4.78 is 1.03. The lowest BCUT2D eigenvalue weighted by Gasteiger charge is -2.18. The van der Waals surface area contributed by atoms with Crippen LogP contribution in [-0.2, 0) is 9.59 Å². The molecule has 1 aromatic rings. The number of nitrogens with zero attached hydrogens (tertiary/aromatic N) is 1. The molecule has 1 aliphatic rings. The van der Waals surface area contributed by atoms with Crippen LogP contribution in [0.2, 0.25) is 0 Å². The molecule has 1 aliphatic carbocycles. The van der Waals surface area contributed by atoms with Crippen molar-refractivity contribution in [1.82, 2.24) is 10.2 Å². The van der Waals surface area contributed by atoms with E-state index in [9.17, 15) is 9.59 Å². The summed E-state index contributed by atoms with van der Waals surface area (Å²) in [5.41, 5.74) is 1.18. The van der Waals surface area contributed by atoms with Crippen molar-refractivity contribution in [3.05, 3.63) is 34.3 Å². The zero-order valence-electron chi connectivity index (χ0n) is 12.4. The van der Waals surface area contributed by atoms with Crippen molar-refractivity contribution in [1.29, 1.82) is 0 Å². The largest absolute Gasteiger partial charge is 0.347 e. The number of hydrogen-bond donors (Lipinski definition) is 1. The van der Waals surface area contributed by atoms with E-state index in [0.717, 1.165) is 10.9 Å². The van der Waals surface area contributed by atoms with Crippen molar-refractivity contribution in [2.24, 2.45) is 5.92 Å². The van der Waals surface area contributed by atoms with Crippen LogP contribution in [0.15, 0.2) is 28.7 Å². The minimum absolute atomic E-state index is 0.00352. The van der Waals surface area contributed by atoms with Crippen molar-refractivity contribution in [2.75, 3.05) is 19.6 Å². The molecule has 1 aromatic carbocycles. The van der Waals surface area contributed by atoms with Crippen LogP contribution in [-0.4, -0.2) is 36.3 Å². The van der Waals surface area contributed by atoms with Gasteiger partial charge in [-0.15, -0.1) is 0 Å². The Morgan fingerprint density at radius 3 is 2.67 bits per heavy atom. The van der Waals surface area contributed by atoms with Gasteiger partial charge in [0.2, 0.25) is 11.8 Å². The van der Waals surface area contributed by atoms with Gasteiger partial charge in [-0.1, -0.05) is 28.1 Å². The number of rotatable bonds is 6. The van der Waals surface area contributed by atoms with E-state index in [1.54, 1.807) is 4.90 Å². The van der Waals surface area contributed by atoms with E-state index in [2.05, 4.69) is 27.3 Å². The fraction of sp³-hybridized carbons (Fsp3) is 0.500. The number of halogens is 1. The molecule has 114 valence electrons. The standard InChI is InChI=1S/C16H21BrN2O2/c1-3-19(4-2)15(20)10-18-16(21)14-9-13(14)11-6-5-7-12(17)8-11/h5-8,13-14H,3-4,9-10H2,1-2H3,(H,18,21)/t13-,14+/m1/s1. The maximum Gasteiger partial charge on any atom is 0.241 e. The van der Waals surface area contributed by atoms with Crippen LogP contribution in [0.1, 0.15) is 31.7 Å². The maximum atomic E-state index is 12.1. The topological polar surface area (TPSA) is 49.4 Å². The van der Waals surface area contributed by atoms with Gasteiger partial charge in [0.1, 0.15) is 0 Å². The highest BCUT2D eigenvalue weighted by Crippen LogP contribution is 2.47. The van der Waals surface area contributed by atoms with Crippen LogP contribution < -0.4 is 5.32 Å². The van der Waals surface area contributed by atoms with E-state index in [4.69, 9.17) is 0 Å². The molecule has 0 saturated heterocycles. The molecule has 0 aliphatic heterocycles. The van der Waals surface area contributed by atoms with Gasteiger partial charge < -0.3 is 10.2 Å². The second-order valence-electron chi connectivity index (χ2n) is 5.29. The van der Waals surface area contributed by atoms with Crippen molar-refractivity contribution in [3.8, 4) is 0 Å². The number of benzene rings is 1. The van der Waals surface area contributed by atoms with Crippen LogP contribution in [0.3, 0.4) is 0 Å². The van der Waals surface area contributed by atoms with Crippen molar-refractivity contribution >= 4 is 27.7 Å². The zero-order chi connectivity index (χ0) is 15.4. The summed E-state index contributed by atoms with van der Waals surface area (Å²) in [4.78, 5) is 25.7. The first kappa shape index (κ1) is 16.0. The highest BCUT2D eigenvalue weighted by Gasteiger charge is 2.43. The summed E-state index contributed by atoms with van der Waals surface area (Å²) in [6.07, 6.45) is 0.863. The van der Waals surface area contributed by atoms with Crippen LogP contribution in [0.25, 0.3) is 0 Å². The Hall–Kier alpha value is -1.36. The van der Waals surface area contributed by atoms with E-state index < -0.39 is 0 Å². The minimum atomic E-state index is -0.0204. The Balaban J connectivity index is 1.82. The number of carbonyl (C=O) groups excluding carboxylic acids is 2. The van der Waals surface area contributed by atoms with Gasteiger partial charge in [0.05, 0.1) is 6.54 Å². The molecule has 2 amide bonds. The average Bonchev–Trinajstić information content (AvgIpc) is 3.26. The minimum Gasteiger partial charge on any atom is -0.347 e. The molecule has 4 nitrogen and oxygen atoms in total. The Morgan fingerprint density at radius 1 is 1.33 bits per heavy atom. The van der Waals surface area contributed by atoms with E-state index >= 15 is 0 Å². The summed E-state index contributed by atoms with van der Waals surface area (Å²) >= 11 is 3.45. The first-order chi connectivity index (χ1) is 10.1. The van der Waals surface area contributed by atoms with Gasteiger partial charge in [0.15, 0.2) is 0 Å². The third-order valence-corrected chi connectivity index (χ3v) is 4.43. The number of hydrogen-bond acceptors (Lipinski definition) is 2. The molecule has 1 saturated carbocycles. The van der Waals surface area contributed by atoms with Crippen LogP contribution >= 0.6 is 15.9 Å². The van der Waals surface area contributed by atoms with E-state index in [1.807, 2.05) is 32.0 Å². The molecular formula is C16H21BrN2O2. The average molecular weight is 353 g/mol. The van der Waals surface area contributed by atoms with Crippen molar-refractivity contribution < 1.29 is 9.59 Å². The molecule has 1 N–H and O–H groups in total. The first-order valence-corrected chi connectivity index (χ1v) is 8.17. The fourth-order valence-corrected chi connectivity index (χ4v) is 2.99. The lowest BCUT2D eigenvalue weighted by atomic mass is 10.1. The highest BCUT2D eigenvalue weighted by atomic mass is 79.9. The quantitative estimate of drug-likeness (QED) is 0.855. The molecule has 0 unspecified atom stereocenters. The molecule has 21 heavy (non-hydrogen) atoms. The Kier molecular flexibility index (Phi) is 5.39. The number of amides is 2. The smallest absolute Gasteiger partial charge is 0.241 e. The first-order valence-electron chi connectivity index (χ1n) is 7.37. The molecule has 1 fully saturated rings. The second-order valence-corrected chi connectivity index (χ2v) is 6.20. The third kappa shape index (κ3) is 4.06. The molecule has 5 heteroatoms. The normalized spacial score (nSPS) is 20.0. The maximum absolute atomic E-state index is 12.1. The molecule has 0 bridgehead atoms. The molecule has 2 rings (SSSR count). The van der Waals surface area contributed by atoms with Gasteiger partial charge in [0, 0.05) is 23.5 Å². The van der Waals surface area contributed by atoms with Crippen molar-refractivity contribution in [2.45, 2.75) is 26.2 Å². The van der Waals surface area contributed by atoms with E-state index in [-0.39, 0.29) is 30.2 Å². The number of carbonyl (C=O) groups is 2. The van der Waals surface area contributed by atoms with Gasteiger partial charge in [-0.3, -0.25) is 9.59 Å². The fourth-order valence-electron chi connectivity index (χ4n) is 2.57. The summed E-state index contributed by atoms with van der Waals surface area (Å²) in [6.45, 7) is 5.33. The van der Waals surface area contributed by atoms with E-state index in [0.29, 0.717) is 13.1 Å². The van der Waals surface area contributed by atoms with Crippen LogP contribution in [0, 0.1) is 5.92 Å². The molecule has 2 atom stereocenters. The summed E-state index contributed by atoms with van der Waals surface area (Å²) in [6, 6.07) is 8.06. The monoisotopic (exact) mass is 352 g/mol. The lowest BCUT2D eigenvalue weighted by molar-refractivity contribution is -0.132. The van der Waals surface area contributed by atoms with Gasteiger partial charge in [0.25, 0.3) is 0 Å². The molecular weight excluding hydrogens is 332 g/mol. The van der Waals surface area contributed by atoms with Gasteiger partial charge in [-0.25, -0.2) is 0 Å². The number of likely N-dealkylation sites (N-methyl/N-ethyl adjacent to an activating group) is 1. The van der Waals surface area contributed by atoms with Gasteiger partial charge in [-0.2, -0.15) is 0 Å². The summed E-state index contributed by atoms with van der Waals surface area (Å²) in [5.74, 6) is 0.253. The summed E-state index contributed by atoms with van der Waals surface area (Å²) in [5, 5.41) is 2.77. The SMILES string of the molecule is CCN(CC)C(=O)CNC(=O)[C@H]1C[C@@H]1c1cccc(Br)c1. The molecule has 0 spiro atoms. The zero-order valence-corrected chi connectivity index (χ0v) is 14.0. The Labute approximate surface area is 134 Å². The van der Waals surface area contributed by atoms with Crippen molar-refractivity contribution in [3.63, 3.8) is 0 Å².